The quantitative estimate of drug-likeness (QED) is 0.900. The third kappa shape index (κ3) is 2.96. The molecule has 108 valence electrons. The van der Waals surface area contributed by atoms with Gasteiger partial charge in [0.1, 0.15) is 5.54 Å². The van der Waals surface area contributed by atoms with E-state index in [2.05, 4.69) is 5.32 Å². The minimum atomic E-state index is -1.17. The number of carbonyl (C=O) groups is 2. The molecule has 5 heteroatoms. The molecule has 1 amide bonds. The fourth-order valence-electron chi connectivity index (χ4n) is 2.84. The van der Waals surface area contributed by atoms with Crippen molar-refractivity contribution in [3.8, 4) is 0 Å². The van der Waals surface area contributed by atoms with Gasteiger partial charge in [0, 0.05) is 0 Å². The Morgan fingerprint density at radius 1 is 1.40 bits per heavy atom. The monoisotopic (exact) mass is 295 g/mol. The lowest BCUT2D eigenvalue weighted by Gasteiger charge is -2.37. The molecule has 1 aromatic carbocycles. The largest absolute Gasteiger partial charge is 0.480 e. The predicted molar refractivity (Wildman–Crippen MR) is 76.9 cm³/mol. The van der Waals surface area contributed by atoms with Crippen molar-refractivity contribution >= 4 is 23.5 Å². The van der Waals surface area contributed by atoms with Crippen LogP contribution < -0.4 is 5.32 Å². The molecule has 0 heterocycles. The van der Waals surface area contributed by atoms with Gasteiger partial charge in [-0.2, -0.15) is 0 Å². The molecule has 20 heavy (non-hydrogen) atoms. The van der Waals surface area contributed by atoms with Crippen LogP contribution in [-0.2, 0) is 4.79 Å². The van der Waals surface area contributed by atoms with Crippen molar-refractivity contribution in [3.05, 3.63) is 34.9 Å². The molecule has 0 saturated heterocycles. The Hall–Kier alpha value is -1.55. The summed E-state index contributed by atoms with van der Waals surface area (Å²) in [7, 11) is 0. The Kier molecular flexibility index (Phi) is 4.33. The van der Waals surface area contributed by atoms with Crippen LogP contribution in [0.5, 0.6) is 0 Å². The molecule has 1 fully saturated rings. The SMILES string of the molecule is CC1CCCC(NC(=O)c2ccccc2Cl)(C(=O)O)C1. The van der Waals surface area contributed by atoms with Gasteiger partial charge in [0.2, 0.25) is 0 Å². The van der Waals surface area contributed by atoms with Crippen LogP contribution in [-0.4, -0.2) is 22.5 Å². The Balaban J connectivity index is 2.23. The zero-order chi connectivity index (χ0) is 14.8. The maximum atomic E-state index is 12.3. The predicted octanol–water partition coefficient (Wildman–Crippen LogP) is 3.10. The second kappa shape index (κ2) is 5.83. The van der Waals surface area contributed by atoms with E-state index in [4.69, 9.17) is 11.6 Å². The van der Waals surface area contributed by atoms with Crippen LogP contribution in [0, 0.1) is 5.92 Å². The van der Waals surface area contributed by atoms with Gasteiger partial charge in [0.25, 0.3) is 5.91 Å². The number of hydrogen-bond donors (Lipinski definition) is 2. The lowest BCUT2D eigenvalue weighted by atomic mass is 9.76. The molecule has 0 aliphatic heterocycles. The lowest BCUT2D eigenvalue weighted by Crippen LogP contribution is -2.56. The summed E-state index contributed by atoms with van der Waals surface area (Å²) < 4.78 is 0. The number of hydrogen-bond acceptors (Lipinski definition) is 2. The van der Waals surface area contributed by atoms with Crippen molar-refractivity contribution in [2.24, 2.45) is 5.92 Å². The van der Waals surface area contributed by atoms with Crippen molar-refractivity contribution in [1.82, 2.24) is 5.32 Å². The van der Waals surface area contributed by atoms with Gasteiger partial charge in [-0.25, -0.2) is 4.79 Å². The van der Waals surface area contributed by atoms with E-state index in [9.17, 15) is 14.7 Å². The summed E-state index contributed by atoms with van der Waals surface area (Å²) in [6.45, 7) is 2.01. The zero-order valence-corrected chi connectivity index (χ0v) is 12.1. The molecule has 4 nitrogen and oxygen atoms in total. The van der Waals surface area contributed by atoms with Crippen LogP contribution in [0.25, 0.3) is 0 Å². The van der Waals surface area contributed by atoms with Crippen LogP contribution in [0.15, 0.2) is 24.3 Å². The minimum Gasteiger partial charge on any atom is -0.480 e. The molecule has 1 aromatic rings. The third-order valence-electron chi connectivity index (χ3n) is 3.88. The Morgan fingerprint density at radius 3 is 2.70 bits per heavy atom. The first-order valence-electron chi connectivity index (χ1n) is 6.75. The number of carboxylic acids is 1. The molecule has 2 atom stereocenters. The topological polar surface area (TPSA) is 66.4 Å². The molecule has 2 N–H and O–H groups in total. The van der Waals surface area contributed by atoms with E-state index < -0.39 is 17.4 Å². The number of aliphatic carboxylic acids is 1. The first kappa shape index (κ1) is 14.9. The maximum Gasteiger partial charge on any atom is 0.329 e. The summed E-state index contributed by atoms with van der Waals surface area (Å²) in [4.78, 5) is 23.9. The molecule has 1 aliphatic carbocycles. The van der Waals surface area contributed by atoms with Gasteiger partial charge in [0.15, 0.2) is 0 Å². The van der Waals surface area contributed by atoms with Crippen LogP contribution >= 0.6 is 11.6 Å². The molecule has 2 unspecified atom stereocenters. The number of benzene rings is 1. The Labute approximate surface area is 123 Å². The molecule has 0 aromatic heterocycles. The average Bonchev–Trinajstić information content (AvgIpc) is 2.38. The van der Waals surface area contributed by atoms with Gasteiger partial charge in [0.05, 0.1) is 10.6 Å². The standard InChI is InChI=1S/C15H18ClNO3/c1-10-5-4-8-15(9-10,14(19)20)17-13(18)11-6-2-3-7-12(11)16/h2-3,6-7,10H,4-5,8-9H2,1H3,(H,17,18)(H,19,20). The molecule has 1 aliphatic rings. The highest BCUT2D eigenvalue weighted by Gasteiger charge is 2.43. The molecule has 0 spiro atoms. The minimum absolute atomic E-state index is 0.284. The van der Waals surface area contributed by atoms with Gasteiger partial charge in [-0.05, 0) is 30.9 Å². The summed E-state index contributed by atoms with van der Waals surface area (Å²) in [5.41, 5.74) is -0.860. The van der Waals surface area contributed by atoms with E-state index in [0.717, 1.165) is 12.8 Å². The first-order chi connectivity index (χ1) is 9.44. The van der Waals surface area contributed by atoms with Crippen molar-refractivity contribution < 1.29 is 14.7 Å². The summed E-state index contributed by atoms with van der Waals surface area (Å²) in [5.74, 6) is -1.11. The smallest absolute Gasteiger partial charge is 0.329 e. The first-order valence-corrected chi connectivity index (χ1v) is 7.13. The second-order valence-electron chi connectivity index (χ2n) is 5.52. The van der Waals surface area contributed by atoms with E-state index in [1.165, 1.54) is 0 Å². The van der Waals surface area contributed by atoms with Crippen LogP contribution in [0.1, 0.15) is 43.0 Å². The van der Waals surface area contributed by atoms with E-state index in [1.807, 2.05) is 6.92 Å². The van der Waals surface area contributed by atoms with Crippen LogP contribution in [0.2, 0.25) is 5.02 Å². The Morgan fingerprint density at radius 2 is 2.10 bits per heavy atom. The highest BCUT2D eigenvalue weighted by molar-refractivity contribution is 6.33. The summed E-state index contributed by atoms with van der Waals surface area (Å²) in [5, 5.41) is 12.5. The van der Waals surface area contributed by atoms with E-state index in [-0.39, 0.29) is 5.92 Å². The normalized spacial score (nSPS) is 26.0. The van der Waals surface area contributed by atoms with E-state index >= 15 is 0 Å². The van der Waals surface area contributed by atoms with Gasteiger partial charge < -0.3 is 10.4 Å². The van der Waals surface area contributed by atoms with Gasteiger partial charge in [-0.3, -0.25) is 4.79 Å². The van der Waals surface area contributed by atoms with Crippen LogP contribution in [0.4, 0.5) is 0 Å². The molecular formula is C15H18ClNO3. The molecule has 0 bridgehead atoms. The Bertz CT molecular complexity index is 532. The third-order valence-corrected chi connectivity index (χ3v) is 4.21. The van der Waals surface area contributed by atoms with Gasteiger partial charge in [-0.15, -0.1) is 0 Å². The molecule has 2 rings (SSSR count). The lowest BCUT2D eigenvalue weighted by molar-refractivity contribution is -0.146. The second-order valence-corrected chi connectivity index (χ2v) is 5.93. The maximum absolute atomic E-state index is 12.3. The molecular weight excluding hydrogens is 278 g/mol. The number of amides is 1. The molecule has 1 saturated carbocycles. The van der Waals surface area contributed by atoms with E-state index in [0.29, 0.717) is 23.4 Å². The fraction of sp³-hybridized carbons (Fsp3) is 0.467. The number of carbonyl (C=O) groups excluding carboxylic acids is 1. The van der Waals surface area contributed by atoms with Crippen molar-refractivity contribution in [1.29, 1.82) is 0 Å². The number of halogens is 1. The van der Waals surface area contributed by atoms with Crippen molar-refractivity contribution in [2.45, 2.75) is 38.1 Å². The molecule has 0 radical (unpaired) electrons. The summed E-state index contributed by atoms with van der Waals surface area (Å²) in [6, 6.07) is 6.65. The average molecular weight is 296 g/mol. The number of nitrogens with one attached hydrogen (secondary N) is 1. The number of rotatable bonds is 3. The van der Waals surface area contributed by atoms with Crippen LogP contribution in [0.3, 0.4) is 0 Å². The van der Waals surface area contributed by atoms with Gasteiger partial charge in [-0.1, -0.05) is 43.5 Å². The zero-order valence-electron chi connectivity index (χ0n) is 11.4. The van der Waals surface area contributed by atoms with Crippen molar-refractivity contribution in [2.75, 3.05) is 0 Å². The highest BCUT2D eigenvalue weighted by atomic mass is 35.5. The highest BCUT2D eigenvalue weighted by Crippen LogP contribution is 2.33. The van der Waals surface area contributed by atoms with E-state index in [1.54, 1.807) is 24.3 Å². The fourth-order valence-corrected chi connectivity index (χ4v) is 3.06. The summed E-state index contributed by atoms with van der Waals surface area (Å²) >= 11 is 5.98. The van der Waals surface area contributed by atoms with Crippen molar-refractivity contribution in [3.63, 3.8) is 0 Å². The number of carboxylic acid groups (broad SMARTS) is 1. The van der Waals surface area contributed by atoms with Gasteiger partial charge >= 0.3 is 5.97 Å². The summed E-state index contributed by atoms with van der Waals surface area (Å²) in [6.07, 6.45) is 2.72.